The highest BCUT2D eigenvalue weighted by molar-refractivity contribution is 6.35. The quantitative estimate of drug-likeness (QED) is 0.176. The molecule has 0 bridgehead atoms. The van der Waals surface area contributed by atoms with Crippen LogP contribution in [0, 0.1) is 0 Å². The van der Waals surface area contributed by atoms with Gasteiger partial charge in [0.2, 0.25) is 5.95 Å². The van der Waals surface area contributed by atoms with E-state index in [0.29, 0.717) is 17.3 Å². The van der Waals surface area contributed by atoms with Crippen molar-refractivity contribution in [2.45, 2.75) is 0 Å². The molecule has 15 rings (SSSR count). The summed E-state index contributed by atoms with van der Waals surface area (Å²) in [5.74, 6) is 1.30. The predicted molar refractivity (Wildman–Crippen MR) is 248 cm³/mol. The minimum atomic E-state index is 0.591. The number of hydrogen-bond acceptors (Lipinski definition) is 3. The van der Waals surface area contributed by atoms with Crippen LogP contribution in [0.3, 0.4) is 0 Å². The largest absolute Gasteiger partial charge is 0.450 e. The summed E-state index contributed by atoms with van der Waals surface area (Å²) in [6.07, 6.45) is 0. The molecule has 9 aromatic carbocycles. The molecule has 60 heavy (non-hydrogen) atoms. The Morgan fingerprint density at radius 1 is 0.367 bits per heavy atom. The molecule has 0 saturated heterocycles. The van der Waals surface area contributed by atoms with Crippen LogP contribution in [0.25, 0.3) is 137 Å². The molecule has 276 valence electrons. The van der Waals surface area contributed by atoms with Crippen LogP contribution in [0.2, 0.25) is 0 Å². The smallest absolute Gasteiger partial charge is 0.237 e. The summed E-state index contributed by atoms with van der Waals surface area (Å²) >= 11 is 0. The Balaban J connectivity index is 1.19. The summed E-state index contributed by atoms with van der Waals surface area (Å²) in [6.45, 7) is 0. The molecule has 15 aromatic rings. The van der Waals surface area contributed by atoms with Gasteiger partial charge in [-0.1, -0.05) is 121 Å². The Morgan fingerprint density at radius 3 is 1.80 bits per heavy atom. The van der Waals surface area contributed by atoms with Gasteiger partial charge in [0, 0.05) is 48.5 Å². The first kappa shape index (κ1) is 30.9. The van der Waals surface area contributed by atoms with Crippen molar-refractivity contribution in [2.24, 2.45) is 0 Å². The van der Waals surface area contributed by atoms with Crippen molar-refractivity contribution in [3.8, 4) is 11.8 Å². The van der Waals surface area contributed by atoms with Gasteiger partial charge in [0.15, 0.2) is 11.4 Å². The number of rotatable bonds is 2. The summed E-state index contributed by atoms with van der Waals surface area (Å²) in [6, 6.07) is 63.3. The van der Waals surface area contributed by atoms with Crippen LogP contribution < -0.4 is 0 Å². The molecule has 0 aliphatic heterocycles. The third-order valence-corrected chi connectivity index (χ3v) is 13.1. The Kier molecular flexibility index (Phi) is 5.57. The fourth-order valence-electron chi connectivity index (χ4n) is 10.7. The maximum absolute atomic E-state index is 6.93. The molecule has 0 saturated carbocycles. The second-order valence-electron chi connectivity index (χ2n) is 16.1. The van der Waals surface area contributed by atoms with E-state index in [9.17, 15) is 0 Å². The lowest BCUT2D eigenvalue weighted by Crippen LogP contribution is -2.06. The molecule has 0 N–H and O–H groups in total. The van der Waals surface area contributed by atoms with E-state index in [1.807, 2.05) is 12.1 Å². The molecule has 6 nitrogen and oxygen atoms in total. The van der Waals surface area contributed by atoms with Crippen molar-refractivity contribution in [1.29, 1.82) is 0 Å². The summed E-state index contributed by atoms with van der Waals surface area (Å²) in [4.78, 5) is 11.2. The van der Waals surface area contributed by atoms with Gasteiger partial charge in [0.1, 0.15) is 11.1 Å². The molecular formula is C54H29N5O. The van der Waals surface area contributed by atoms with Gasteiger partial charge >= 0.3 is 0 Å². The molecule has 0 atom stereocenters. The topological polar surface area (TPSA) is 53.2 Å². The first-order chi connectivity index (χ1) is 29.8. The minimum Gasteiger partial charge on any atom is -0.450 e. The predicted octanol–water partition coefficient (Wildman–Crippen LogP) is 14.0. The van der Waals surface area contributed by atoms with Crippen molar-refractivity contribution in [1.82, 2.24) is 23.5 Å². The summed E-state index contributed by atoms with van der Waals surface area (Å²) in [5, 5.41) is 15.3. The van der Waals surface area contributed by atoms with Crippen molar-refractivity contribution in [3.63, 3.8) is 0 Å². The summed E-state index contributed by atoms with van der Waals surface area (Å²) < 4.78 is 14.0. The average molecular weight is 764 g/mol. The standard InChI is InChI=1S/C54H29N5O/c1-2-15-32-28-45-38(27-31(32)14-1)40-29-39-34-17-5-9-21-41(34)57-42-22-10-7-19-36(42)48(50(39)57)51(40)59(45)53-52-49(37-20-8-12-24-46(37)60-52)55-54(56-53)58-43-23-11-6-18-35(43)47-33-16-4-3-13-30(33)25-26-44(47)58/h1-29H. The molecule has 0 aliphatic rings. The summed E-state index contributed by atoms with van der Waals surface area (Å²) in [5.41, 5.74) is 10.1. The highest BCUT2D eigenvalue weighted by Gasteiger charge is 2.28. The van der Waals surface area contributed by atoms with Gasteiger partial charge in [-0.25, -0.2) is 4.98 Å². The normalized spacial score (nSPS) is 12.7. The molecule has 0 radical (unpaired) electrons. The van der Waals surface area contributed by atoms with E-state index >= 15 is 0 Å². The zero-order valence-electron chi connectivity index (χ0n) is 31.9. The maximum Gasteiger partial charge on any atom is 0.237 e. The van der Waals surface area contributed by atoms with Crippen LogP contribution in [0.1, 0.15) is 0 Å². The van der Waals surface area contributed by atoms with E-state index in [-0.39, 0.29) is 0 Å². The third-order valence-electron chi connectivity index (χ3n) is 13.1. The summed E-state index contributed by atoms with van der Waals surface area (Å²) in [7, 11) is 0. The van der Waals surface area contributed by atoms with Crippen LogP contribution in [-0.2, 0) is 0 Å². The van der Waals surface area contributed by atoms with Crippen molar-refractivity contribution >= 4 is 125 Å². The van der Waals surface area contributed by atoms with Gasteiger partial charge in [0.05, 0.1) is 38.6 Å². The van der Waals surface area contributed by atoms with Crippen LogP contribution >= 0.6 is 0 Å². The van der Waals surface area contributed by atoms with E-state index in [2.05, 4.69) is 177 Å². The number of benzene rings is 9. The van der Waals surface area contributed by atoms with Gasteiger partial charge in [-0.3, -0.25) is 9.13 Å². The first-order valence-corrected chi connectivity index (χ1v) is 20.4. The van der Waals surface area contributed by atoms with E-state index in [0.717, 1.165) is 54.7 Å². The lowest BCUT2D eigenvalue weighted by atomic mass is 10.0. The number of nitrogens with zero attached hydrogens (tertiary/aromatic N) is 5. The lowest BCUT2D eigenvalue weighted by molar-refractivity contribution is 0.661. The number of fused-ring (bicyclic) bond motifs is 19. The van der Waals surface area contributed by atoms with E-state index < -0.39 is 0 Å². The number of aromatic nitrogens is 5. The Labute approximate surface area is 339 Å². The van der Waals surface area contributed by atoms with Crippen LogP contribution in [0.4, 0.5) is 0 Å². The lowest BCUT2D eigenvalue weighted by Gasteiger charge is -2.13. The highest BCUT2D eigenvalue weighted by atomic mass is 16.3. The van der Waals surface area contributed by atoms with E-state index in [1.54, 1.807) is 0 Å². The van der Waals surface area contributed by atoms with Crippen LogP contribution in [-0.4, -0.2) is 23.5 Å². The highest BCUT2D eigenvalue weighted by Crippen LogP contribution is 2.48. The number of furan rings is 1. The molecule has 6 heteroatoms. The van der Waals surface area contributed by atoms with Gasteiger partial charge in [-0.15, -0.1) is 0 Å². The third kappa shape index (κ3) is 3.71. The van der Waals surface area contributed by atoms with E-state index in [1.165, 1.54) is 65.0 Å². The van der Waals surface area contributed by atoms with Crippen molar-refractivity contribution in [2.75, 3.05) is 0 Å². The Bertz CT molecular complexity index is 4370. The van der Waals surface area contributed by atoms with Gasteiger partial charge < -0.3 is 8.82 Å². The molecule has 0 spiro atoms. The molecule has 0 aliphatic carbocycles. The first-order valence-electron chi connectivity index (χ1n) is 20.4. The zero-order valence-corrected chi connectivity index (χ0v) is 31.9. The Hall–Kier alpha value is -8.22. The van der Waals surface area contributed by atoms with Gasteiger partial charge in [-0.05, 0) is 76.1 Å². The molecule has 6 aromatic heterocycles. The van der Waals surface area contributed by atoms with Gasteiger partial charge in [0.25, 0.3) is 0 Å². The molecule has 0 fully saturated rings. The maximum atomic E-state index is 6.93. The zero-order chi connectivity index (χ0) is 38.8. The fraction of sp³-hybridized carbons (Fsp3) is 0. The van der Waals surface area contributed by atoms with Crippen molar-refractivity contribution < 1.29 is 4.42 Å². The SMILES string of the molecule is c1ccc2cc3c(cc2c1)c1cc2c4ccccc4n4c5ccccc5c(c1n3-c1nc(-n3c5ccccc5c5c6ccccc6ccc53)nc3c1oc1ccccc13)c24. The van der Waals surface area contributed by atoms with E-state index in [4.69, 9.17) is 14.4 Å². The van der Waals surface area contributed by atoms with Crippen molar-refractivity contribution in [3.05, 3.63) is 176 Å². The van der Waals surface area contributed by atoms with Gasteiger partial charge in [-0.2, -0.15) is 4.98 Å². The molecular weight excluding hydrogens is 735 g/mol. The average Bonchev–Trinajstić information content (AvgIpc) is 4.10. The molecule has 0 unspecified atom stereocenters. The second kappa shape index (κ2) is 10.8. The monoisotopic (exact) mass is 763 g/mol. The number of hydrogen-bond donors (Lipinski definition) is 0. The molecule has 6 heterocycles. The Morgan fingerprint density at radius 2 is 0.983 bits per heavy atom. The second-order valence-corrected chi connectivity index (χ2v) is 16.1. The minimum absolute atomic E-state index is 0.591. The molecule has 0 amide bonds. The fourth-order valence-corrected chi connectivity index (χ4v) is 10.7. The van der Waals surface area contributed by atoms with Crippen LogP contribution in [0.5, 0.6) is 0 Å². The number of para-hydroxylation sites is 4. The van der Waals surface area contributed by atoms with Crippen LogP contribution in [0.15, 0.2) is 180 Å².